The molecule has 0 spiro atoms. The first kappa shape index (κ1) is 16.4. The van der Waals surface area contributed by atoms with Crippen LogP contribution in [0.15, 0.2) is 35.2 Å². The normalized spacial score (nSPS) is 16.8. The first-order valence-electron chi connectivity index (χ1n) is 7.91. The maximum absolute atomic E-state index is 11.8. The van der Waals surface area contributed by atoms with E-state index in [0.717, 1.165) is 30.3 Å². The summed E-state index contributed by atoms with van der Waals surface area (Å²) in [6, 6.07) is 10.1. The highest BCUT2D eigenvalue weighted by atomic mass is 32.2. The number of nitrogens with one attached hydrogen (secondary N) is 1. The fourth-order valence-corrected chi connectivity index (χ4v) is 3.28. The Labute approximate surface area is 132 Å². The Morgan fingerprint density at radius 3 is 2.71 bits per heavy atom. The summed E-state index contributed by atoms with van der Waals surface area (Å²) in [5.41, 5.74) is 0. The Morgan fingerprint density at radius 1 is 1.29 bits per heavy atom. The fraction of sp³-hybridized carbons (Fsp3) is 0.588. The number of piperidine rings is 1. The maximum Gasteiger partial charge on any atom is 0.230 e. The van der Waals surface area contributed by atoms with Crippen LogP contribution in [0.3, 0.4) is 0 Å². The Morgan fingerprint density at radius 2 is 2.00 bits per heavy atom. The molecule has 1 aromatic carbocycles. The van der Waals surface area contributed by atoms with Crippen LogP contribution < -0.4 is 5.32 Å². The van der Waals surface area contributed by atoms with Crippen molar-refractivity contribution in [3.8, 4) is 0 Å². The van der Waals surface area contributed by atoms with Gasteiger partial charge in [0.05, 0.1) is 5.75 Å². The Balaban J connectivity index is 1.51. The van der Waals surface area contributed by atoms with Crippen molar-refractivity contribution in [1.29, 1.82) is 0 Å². The summed E-state index contributed by atoms with van der Waals surface area (Å²) in [4.78, 5) is 15.4. The van der Waals surface area contributed by atoms with Gasteiger partial charge in [-0.1, -0.05) is 25.1 Å². The quantitative estimate of drug-likeness (QED) is 0.621. The number of nitrogens with zero attached hydrogens (tertiary/aromatic N) is 1. The molecule has 1 aromatic rings. The molecule has 1 N–H and O–H groups in total. The van der Waals surface area contributed by atoms with Gasteiger partial charge in [0.2, 0.25) is 5.91 Å². The fourth-order valence-electron chi connectivity index (χ4n) is 2.53. The molecule has 0 aliphatic carbocycles. The van der Waals surface area contributed by atoms with Crippen LogP contribution in [0.4, 0.5) is 0 Å². The highest BCUT2D eigenvalue weighted by Crippen LogP contribution is 2.16. The van der Waals surface area contributed by atoms with E-state index in [1.807, 2.05) is 30.3 Å². The molecular weight excluding hydrogens is 280 g/mol. The van der Waals surface area contributed by atoms with E-state index in [1.54, 1.807) is 11.8 Å². The average Bonchev–Trinajstić information content (AvgIpc) is 2.52. The minimum atomic E-state index is 0.135. The van der Waals surface area contributed by atoms with E-state index in [2.05, 4.69) is 17.1 Å². The number of hydrogen-bond acceptors (Lipinski definition) is 3. The predicted molar refractivity (Wildman–Crippen MR) is 89.6 cm³/mol. The lowest BCUT2D eigenvalue weighted by Gasteiger charge is -2.30. The second-order valence-electron chi connectivity index (χ2n) is 5.83. The molecule has 1 amide bonds. The second-order valence-corrected chi connectivity index (χ2v) is 6.88. The van der Waals surface area contributed by atoms with Crippen LogP contribution in [0.25, 0.3) is 0 Å². The van der Waals surface area contributed by atoms with Crippen LogP contribution >= 0.6 is 11.8 Å². The van der Waals surface area contributed by atoms with Crippen LogP contribution in [0.2, 0.25) is 0 Å². The van der Waals surface area contributed by atoms with Crippen LogP contribution in [-0.4, -0.2) is 42.7 Å². The lowest BCUT2D eigenvalue weighted by atomic mass is 9.99. The molecule has 1 aliphatic rings. The molecule has 0 unspecified atom stereocenters. The van der Waals surface area contributed by atoms with E-state index in [1.165, 1.54) is 25.9 Å². The molecule has 21 heavy (non-hydrogen) atoms. The molecule has 3 nitrogen and oxygen atoms in total. The van der Waals surface area contributed by atoms with Crippen molar-refractivity contribution >= 4 is 17.7 Å². The lowest BCUT2D eigenvalue weighted by Crippen LogP contribution is -2.35. The van der Waals surface area contributed by atoms with Gasteiger partial charge in [-0.25, -0.2) is 0 Å². The van der Waals surface area contributed by atoms with Gasteiger partial charge >= 0.3 is 0 Å². The summed E-state index contributed by atoms with van der Waals surface area (Å²) >= 11 is 1.59. The van der Waals surface area contributed by atoms with Crippen molar-refractivity contribution < 1.29 is 4.79 Å². The zero-order valence-electron chi connectivity index (χ0n) is 12.9. The minimum Gasteiger partial charge on any atom is -0.355 e. The summed E-state index contributed by atoms with van der Waals surface area (Å²) in [5, 5.41) is 3.01. The predicted octanol–water partition coefficient (Wildman–Crippen LogP) is 3.02. The minimum absolute atomic E-state index is 0.135. The molecule has 2 rings (SSSR count). The van der Waals surface area contributed by atoms with E-state index >= 15 is 0 Å². The van der Waals surface area contributed by atoms with Gasteiger partial charge in [0, 0.05) is 11.4 Å². The van der Waals surface area contributed by atoms with Crippen molar-refractivity contribution in [1.82, 2.24) is 10.2 Å². The Bertz CT molecular complexity index is 416. The number of hydrogen-bond donors (Lipinski definition) is 1. The largest absolute Gasteiger partial charge is 0.355 e. The first-order valence-corrected chi connectivity index (χ1v) is 8.89. The molecule has 0 bridgehead atoms. The van der Waals surface area contributed by atoms with Gasteiger partial charge in [-0.15, -0.1) is 11.8 Å². The molecule has 0 saturated carbocycles. The highest BCUT2D eigenvalue weighted by Gasteiger charge is 2.14. The summed E-state index contributed by atoms with van der Waals surface area (Å²) < 4.78 is 0. The number of likely N-dealkylation sites (tertiary alicyclic amines) is 1. The van der Waals surface area contributed by atoms with Gasteiger partial charge in [-0.05, 0) is 56.9 Å². The Kier molecular flexibility index (Phi) is 7.10. The number of amides is 1. The zero-order valence-corrected chi connectivity index (χ0v) is 13.7. The first-order chi connectivity index (χ1) is 10.2. The van der Waals surface area contributed by atoms with Crippen molar-refractivity contribution in [3.05, 3.63) is 30.3 Å². The van der Waals surface area contributed by atoms with Crippen molar-refractivity contribution in [3.63, 3.8) is 0 Å². The monoisotopic (exact) mass is 306 g/mol. The number of benzene rings is 1. The molecule has 0 atom stereocenters. The molecule has 0 aromatic heterocycles. The summed E-state index contributed by atoms with van der Waals surface area (Å²) in [6.45, 7) is 6.68. The standard InChI is InChI=1S/C17H26N2OS/c1-15-8-12-19(13-9-15)11-5-10-18-17(20)14-21-16-6-3-2-4-7-16/h2-4,6-7,15H,5,8-14H2,1H3,(H,18,20). The molecule has 1 heterocycles. The van der Waals surface area contributed by atoms with E-state index < -0.39 is 0 Å². The number of carbonyl (C=O) groups excluding carboxylic acids is 1. The van der Waals surface area contributed by atoms with Crippen molar-refractivity contribution in [2.75, 3.05) is 31.9 Å². The number of rotatable bonds is 7. The van der Waals surface area contributed by atoms with E-state index in [9.17, 15) is 4.79 Å². The Hall–Kier alpha value is -1.00. The van der Waals surface area contributed by atoms with E-state index in [-0.39, 0.29) is 5.91 Å². The molecule has 4 heteroatoms. The third kappa shape index (κ3) is 6.53. The molecule has 0 radical (unpaired) electrons. The topological polar surface area (TPSA) is 32.3 Å². The maximum atomic E-state index is 11.8. The smallest absolute Gasteiger partial charge is 0.230 e. The van der Waals surface area contributed by atoms with Gasteiger partial charge in [0.25, 0.3) is 0 Å². The van der Waals surface area contributed by atoms with Gasteiger partial charge in [0.1, 0.15) is 0 Å². The van der Waals surface area contributed by atoms with E-state index in [0.29, 0.717) is 5.75 Å². The molecule has 1 fully saturated rings. The number of carbonyl (C=O) groups is 1. The third-order valence-corrected chi connectivity index (χ3v) is 4.97. The summed E-state index contributed by atoms with van der Waals surface area (Å²) in [7, 11) is 0. The van der Waals surface area contributed by atoms with Crippen LogP contribution in [0.1, 0.15) is 26.2 Å². The number of thioether (sulfide) groups is 1. The highest BCUT2D eigenvalue weighted by molar-refractivity contribution is 8.00. The van der Waals surface area contributed by atoms with E-state index in [4.69, 9.17) is 0 Å². The SMILES string of the molecule is CC1CCN(CCCNC(=O)CSc2ccccc2)CC1. The van der Waals surface area contributed by atoms with Crippen molar-refractivity contribution in [2.24, 2.45) is 5.92 Å². The van der Waals surface area contributed by atoms with Gasteiger partial charge in [-0.2, -0.15) is 0 Å². The summed E-state index contributed by atoms with van der Waals surface area (Å²) in [5.74, 6) is 1.53. The van der Waals surface area contributed by atoms with Gasteiger partial charge in [0.15, 0.2) is 0 Å². The molecular formula is C17H26N2OS. The third-order valence-electron chi connectivity index (χ3n) is 3.96. The van der Waals surface area contributed by atoms with Crippen molar-refractivity contribution in [2.45, 2.75) is 31.1 Å². The zero-order chi connectivity index (χ0) is 14.9. The van der Waals surface area contributed by atoms with Gasteiger partial charge in [-0.3, -0.25) is 4.79 Å². The van der Waals surface area contributed by atoms with Crippen LogP contribution in [-0.2, 0) is 4.79 Å². The van der Waals surface area contributed by atoms with Crippen LogP contribution in [0, 0.1) is 5.92 Å². The average molecular weight is 306 g/mol. The molecule has 1 aliphatic heterocycles. The van der Waals surface area contributed by atoms with Crippen LogP contribution in [0.5, 0.6) is 0 Å². The summed E-state index contributed by atoms with van der Waals surface area (Å²) in [6.07, 6.45) is 3.69. The lowest BCUT2D eigenvalue weighted by molar-refractivity contribution is -0.118. The van der Waals surface area contributed by atoms with Gasteiger partial charge < -0.3 is 10.2 Å². The second kappa shape index (κ2) is 9.11. The molecule has 1 saturated heterocycles. The molecule has 116 valence electrons.